The first-order chi connectivity index (χ1) is 9.85. The Bertz CT molecular complexity index is 514. The number of nitrogens with two attached hydrogens (primary N) is 1. The van der Waals surface area contributed by atoms with Gasteiger partial charge in [0.2, 0.25) is 5.91 Å². The van der Waals surface area contributed by atoms with E-state index in [0.717, 1.165) is 5.69 Å². The average molecular weight is 292 g/mol. The van der Waals surface area contributed by atoms with Crippen LogP contribution in [0.1, 0.15) is 24.2 Å². The van der Waals surface area contributed by atoms with Gasteiger partial charge in [0.05, 0.1) is 17.9 Å². The molecule has 0 aliphatic heterocycles. The molecule has 0 saturated carbocycles. The van der Waals surface area contributed by atoms with E-state index in [4.69, 9.17) is 5.73 Å². The molecule has 0 aliphatic carbocycles. The number of carbonyl (C=O) groups is 2. The Morgan fingerprint density at radius 2 is 2.00 bits per heavy atom. The van der Waals surface area contributed by atoms with E-state index in [2.05, 4.69) is 10.6 Å². The molecule has 21 heavy (non-hydrogen) atoms. The highest BCUT2D eigenvalue weighted by Gasteiger charge is 2.12. The van der Waals surface area contributed by atoms with Gasteiger partial charge in [0.1, 0.15) is 0 Å². The Labute approximate surface area is 125 Å². The smallest absolute Gasteiger partial charge is 0.251 e. The zero-order valence-electron chi connectivity index (χ0n) is 13.1. The zero-order chi connectivity index (χ0) is 16.0. The molecule has 0 saturated heterocycles. The molecule has 0 bridgehead atoms. The van der Waals surface area contributed by atoms with Crippen molar-refractivity contribution in [1.29, 1.82) is 0 Å². The summed E-state index contributed by atoms with van der Waals surface area (Å²) in [5, 5.41) is 5.40. The van der Waals surface area contributed by atoms with Gasteiger partial charge >= 0.3 is 0 Å². The number of nitrogen functional groups attached to an aromatic ring is 1. The molecule has 0 aromatic heterocycles. The van der Waals surface area contributed by atoms with Crippen LogP contribution < -0.4 is 21.3 Å². The normalized spacial score (nSPS) is 10.3. The largest absolute Gasteiger partial charge is 0.397 e. The van der Waals surface area contributed by atoms with Crippen molar-refractivity contribution in [2.24, 2.45) is 5.92 Å². The van der Waals surface area contributed by atoms with E-state index < -0.39 is 0 Å². The Morgan fingerprint density at radius 3 is 2.52 bits per heavy atom. The molecule has 1 aromatic rings. The minimum absolute atomic E-state index is 0.0547. The first-order valence-corrected chi connectivity index (χ1v) is 6.94. The van der Waals surface area contributed by atoms with Gasteiger partial charge in [-0.2, -0.15) is 0 Å². The van der Waals surface area contributed by atoms with Crippen molar-refractivity contribution in [2.75, 3.05) is 37.8 Å². The quantitative estimate of drug-likeness (QED) is 0.678. The maximum Gasteiger partial charge on any atom is 0.251 e. The third-order valence-electron chi connectivity index (χ3n) is 3.02. The average Bonchev–Trinajstić information content (AvgIpc) is 2.43. The van der Waals surface area contributed by atoms with Gasteiger partial charge in [0.25, 0.3) is 5.91 Å². The number of rotatable bonds is 6. The third-order valence-corrected chi connectivity index (χ3v) is 3.02. The van der Waals surface area contributed by atoms with Crippen LogP contribution >= 0.6 is 0 Å². The van der Waals surface area contributed by atoms with E-state index in [1.54, 1.807) is 37.2 Å². The molecule has 4 N–H and O–H groups in total. The van der Waals surface area contributed by atoms with Gasteiger partial charge < -0.3 is 21.3 Å². The number of hydrogen-bond acceptors (Lipinski definition) is 4. The van der Waals surface area contributed by atoms with Crippen LogP contribution in [0.2, 0.25) is 0 Å². The van der Waals surface area contributed by atoms with Crippen molar-refractivity contribution in [2.45, 2.75) is 13.8 Å². The van der Waals surface area contributed by atoms with Crippen molar-refractivity contribution in [1.82, 2.24) is 10.6 Å². The van der Waals surface area contributed by atoms with Crippen molar-refractivity contribution >= 4 is 23.2 Å². The molecule has 0 fully saturated rings. The second-order valence-electron chi connectivity index (χ2n) is 5.41. The molecule has 0 spiro atoms. The van der Waals surface area contributed by atoms with Crippen LogP contribution in [0.4, 0.5) is 11.4 Å². The summed E-state index contributed by atoms with van der Waals surface area (Å²) in [4.78, 5) is 25.1. The molecule has 6 heteroatoms. The molecular formula is C15H24N4O2. The van der Waals surface area contributed by atoms with E-state index in [0.29, 0.717) is 23.7 Å². The Morgan fingerprint density at radius 1 is 1.33 bits per heavy atom. The highest BCUT2D eigenvalue weighted by Crippen LogP contribution is 2.23. The number of amides is 2. The predicted molar refractivity (Wildman–Crippen MR) is 85.4 cm³/mol. The van der Waals surface area contributed by atoms with E-state index >= 15 is 0 Å². The summed E-state index contributed by atoms with van der Waals surface area (Å²) in [5.41, 5.74) is 7.65. The number of likely N-dealkylation sites (N-methyl/N-ethyl adjacent to an activating group) is 1. The monoisotopic (exact) mass is 292 g/mol. The lowest BCUT2D eigenvalue weighted by Crippen LogP contribution is -2.37. The first kappa shape index (κ1) is 16.8. The highest BCUT2D eigenvalue weighted by molar-refractivity contribution is 5.96. The molecule has 0 heterocycles. The molecule has 0 radical (unpaired) electrons. The van der Waals surface area contributed by atoms with Crippen molar-refractivity contribution in [3.63, 3.8) is 0 Å². The second-order valence-corrected chi connectivity index (χ2v) is 5.41. The fraction of sp³-hybridized carbons (Fsp3) is 0.467. The van der Waals surface area contributed by atoms with Gasteiger partial charge in [0, 0.05) is 26.2 Å². The first-order valence-electron chi connectivity index (χ1n) is 6.94. The lowest BCUT2D eigenvalue weighted by atomic mass is 10.1. The maximum absolute atomic E-state index is 11.8. The second kappa shape index (κ2) is 7.52. The van der Waals surface area contributed by atoms with E-state index in [-0.39, 0.29) is 18.4 Å². The predicted octanol–water partition coefficient (Wildman–Crippen LogP) is 0.837. The van der Waals surface area contributed by atoms with Crippen LogP contribution in [0, 0.1) is 5.92 Å². The molecule has 6 nitrogen and oxygen atoms in total. The van der Waals surface area contributed by atoms with Crippen LogP contribution in [0.3, 0.4) is 0 Å². The topological polar surface area (TPSA) is 87.5 Å². The fourth-order valence-corrected chi connectivity index (χ4v) is 1.86. The van der Waals surface area contributed by atoms with E-state index in [1.807, 2.05) is 13.8 Å². The van der Waals surface area contributed by atoms with E-state index in [1.165, 1.54) is 0 Å². The van der Waals surface area contributed by atoms with Gasteiger partial charge in [-0.15, -0.1) is 0 Å². The van der Waals surface area contributed by atoms with Crippen molar-refractivity contribution < 1.29 is 9.59 Å². The van der Waals surface area contributed by atoms with Gasteiger partial charge in [-0.3, -0.25) is 9.59 Å². The Kier molecular flexibility index (Phi) is 6.02. The zero-order valence-corrected chi connectivity index (χ0v) is 13.1. The van der Waals surface area contributed by atoms with Crippen LogP contribution in [-0.2, 0) is 4.79 Å². The highest BCUT2D eigenvalue weighted by atomic mass is 16.2. The lowest BCUT2D eigenvalue weighted by Gasteiger charge is -2.21. The molecular weight excluding hydrogens is 268 g/mol. The molecule has 1 rings (SSSR count). The molecule has 2 amide bonds. The number of nitrogens with zero attached hydrogens (tertiary/aromatic N) is 1. The summed E-state index contributed by atoms with van der Waals surface area (Å²) in [6, 6.07) is 5.04. The number of hydrogen-bond donors (Lipinski definition) is 3. The van der Waals surface area contributed by atoms with Gasteiger partial charge in [0.15, 0.2) is 0 Å². The van der Waals surface area contributed by atoms with Crippen LogP contribution in [0.5, 0.6) is 0 Å². The van der Waals surface area contributed by atoms with Gasteiger partial charge in [-0.25, -0.2) is 0 Å². The number of nitrogens with one attached hydrogen (secondary N) is 2. The molecule has 0 unspecified atom stereocenters. The standard InChI is InChI=1S/C15H24N4O2/c1-10(2)8-18-14(20)9-19(4)13-6-5-11(7-12(13)16)15(21)17-3/h5-7,10H,8-9,16H2,1-4H3,(H,17,21)(H,18,20). The van der Waals surface area contributed by atoms with Crippen LogP contribution in [0.25, 0.3) is 0 Å². The van der Waals surface area contributed by atoms with Gasteiger partial charge in [-0.1, -0.05) is 13.8 Å². The van der Waals surface area contributed by atoms with Crippen LogP contribution in [0.15, 0.2) is 18.2 Å². The third kappa shape index (κ3) is 4.98. The Hall–Kier alpha value is -2.24. The summed E-state index contributed by atoms with van der Waals surface area (Å²) >= 11 is 0. The van der Waals surface area contributed by atoms with E-state index in [9.17, 15) is 9.59 Å². The van der Waals surface area contributed by atoms with Gasteiger partial charge in [-0.05, 0) is 24.1 Å². The molecule has 116 valence electrons. The summed E-state index contributed by atoms with van der Waals surface area (Å²) in [6.07, 6.45) is 0. The maximum atomic E-state index is 11.8. The van der Waals surface area contributed by atoms with Crippen molar-refractivity contribution in [3.05, 3.63) is 23.8 Å². The van der Waals surface area contributed by atoms with Crippen LogP contribution in [-0.4, -0.2) is 39.0 Å². The lowest BCUT2D eigenvalue weighted by molar-refractivity contribution is -0.119. The molecule has 1 aromatic carbocycles. The summed E-state index contributed by atoms with van der Waals surface area (Å²) < 4.78 is 0. The molecule has 0 atom stereocenters. The Balaban J connectivity index is 2.72. The SMILES string of the molecule is CNC(=O)c1ccc(N(C)CC(=O)NCC(C)C)c(N)c1. The number of benzene rings is 1. The molecule has 0 aliphatic rings. The summed E-state index contributed by atoms with van der Waals surface area (Å²) in [7, 11) is 3.36. The number of carbonyl (C=O) groups excluding carboxylic acids is 2. The van der Waals surface area contributed by atoms with Crippen molar-refractivity contribution in [3.8, 4) is 0 Å². The number of anilines is 2. The summed E-state index contributed by atoms with van der Waals surface area (Å²) in [5.74, 6) is 0.169. The minimum atomic E-state index is -0.189. The fourth-order valence-electron chi connectivity index (χ4n) is 1.86. The summed E-state index contributed by atoms with van der Waals surface area (Å²) in [6.45, 7) is 4.95. The minimum Gasteiger partial charge on any atom is -0.397 e.